The highest BCUT2D eigenvalue weighted by atomic mass is 32.1. The minimum Gasteiger partial charge on any atom is -0.452 e. The summed E-state index contributed by atoms with van der Waals surface area (Å²) in [5.74, 6) is -3.67. The normalized spacial score (nSPS) is 12.5. The van der Waals surface area contributed by atoms with E-state index in [9.17, 15) is 23.2 Å². The minimum absolute atomic E-state index is 0.227. The number of carbonyl (C=O) groups is 3. The van der Waals surface area contributed by atoms with Gasteiger partial charge in [0.05, 0.1) is 16.8 Å². The average molecular weight is 471 g/mol. The molecule has 2 N–H and O–H groups in total. The zero-order valence-corrected chi connectivity index (χ0v) is 18.1. The smallest absolute Gasteiger partial charge is 0.341 e. The van der Waals surface area contributed by atoms with E-state index < -0.39 is 36.0 Å². The number of anilines is 2. The van der Waals surface area contributed by atoms with Crippen molar-refractivity contribution in [1.29, 1.82) is 0 Å². The zero-order chi connectivity index (χ0) is 23.4. The highest BCUT2D eigenvalue weighted by Gasteiger charge is 2.28. The number of aryl methyl sites for hydroxylation is 1. The fraction of sp³-hybridized carbons (Fsp3) is 0.217. The van der Waals surface area contributed by atoms with E-state index in [4.69, 9.17) is 4.74 Å². The van der Waals surface area contributed by atoms with Gasteiger partial charge in [0.25, 0.3) is 11.8 Å². The van der Waals surface area contributed by atoms with Crippen molar-refractivity contribution < 1.29 is 27.9 Å². The molecule has 4 rings (SSSR count). The summed E-state index contributed by atoms with van der Waals surface area (Å²) in [5, 5.41) is 5.35. The first-order valence-electron chi connectivity index (χ1n) is 10.2. The lowest BCUT2D eigenvalue weighted by Crippen LogP contribution is -2.22. The lowest BCUT2D eigenvalue weighted by atomic mass is 9.95. The minimum atomic E-state index is -0.943. The second kappa shape index (κ2) is 9.86. The molecule has 0 saturated heterocycles. The third-order valence-corrected chi connectivity index (χ3v) is 6.27. The Morgan fingerprint density at radius 2 is 1.91 bits per heavy atom. The highest BCUT2D eigenvalue weighted by Crippen LogP contribution is 2.38. The Labute approximate surface area is 191 Å². The van der Waals surface area contributed by atoms with Crippen LogP contribution >= 0.6 is 11.3 Å². The number of esters is 1. The van der Waals surface area contributed by atoms with Gasteiger partial charge in [0.15, 0.2) is 6.61 Å². The van der Waals surface area contributed by atoms with Gasteiger partial charge in [0.1, 0.15) is 16.6 Å². The standard InChI is InChI=1S/C23H19F2N3O4S/c24-14-7-8-17(16(25)10-14)27-19(29)12-32-23(31)20-15-5-1-2-6-18(15)33-22(20)28-21(30)13-4-3-9-26-11-13/h3-4,7-11H,1-2,5-6,12H2,(H,27,29)(H,28,30). The number of benzene rings is 1. The summed E-state index contributed by atoms with van der Waals surface area (Å²) in [6.07, 6.45) is 6.28. The van der Waals surface area contributed by atoms with E-state index in [1.54, 1.807) is 18.3 Å². The Kier molecular flexibility index (Phi) is 6.74. The molecule has 33 heavy (non-hydrogen) atoms. The van der Waals surface area contributed by atoms with Gasteiger partial charge < -0.3 is 15.4 Å². The number of fused-ring (bicyclic) bond motifs is 1. The molecule has 2 heterocycles. The Bertz CT molecular complexity index is 1210. The first-order valence-corrected chi connectivity index (χ1v) is 11.0. The van der Waals surface area contributed by atoms with E-state index in [-0.39, 0.29) is 11.3 Å². The van der Waals surface area contributed by atoms with Crippen LogP contribution in [0.15, 0.2) is 42.7 Å². The Balaban J connectivity index is 1.48. The third-order valence-electron chi connectivity index (χ3n) is 5.07. The summed E-state index contributed by atoms with van der Waals surface area (Å²) in [6.45, 7) is -0.670. The predicted molar refractivity (Wildman–Crippen MR) is 118 cm³/mol. The molecule has 0 atom stereocenters. The van der Waals surface area contributed by atoms with Crippen LogP contribution in [0.1, 0.15) is 44.0 Å². The van der Waals surface area contributed by atoms with Crippen molar-refractivity contribution in [1.82, 2.24) is 4.98 Å². The van der Waals surface area contributed by atoms with Crippen molar-refractivity contribution in [3.8, 4) is 0 Å². The fourth-order valence-electron chi connectivity index (χ4n) is 3.52. The predicted octanol–water partition coefficient (Wildman–Crippen LogP) is 4.35. The largest absolute Gasteiger partial charge is 0.452 e. The van der Waals surface area contributed by atoms with Crippen LogP contribution in [0.25, 0.3) is 0 Å². The molecule has 170 valence electrons. The first-order chi connectivity index (χ1) is 15.9. The van der Waals surface area contributed by atoms with Crippen molar-refractivity contribution >= 4 is 39.8 Å². The van der Waals surface area contributed by atoms with E-state index in [1.807, 2.05) is 0 Å². The van der Waals surface area contributed by atoms with E-state index in [2.05, 4.69) is 15.6 Å². The number of carbonyl (C=O) groups excluding carboxylic acids is 3. The number of hydrogen-bond acceptors (Lipinski definition) is 6. The number of pyridine rings is 1. The van der Waals surface area contributed by atoms with E-state index in [1.165, 1.54) is 17.5 Å². The summed E-state index contributed by atoms with van der Waals surface area (Å²) in [7, 11) is 0. The number of rotatable bonds is 6. The number of ether oxygens (including phenoxy) is 1. The van der Waals surface area contributed by atoms with Crippen LogP contribution in [0.2, 0.25) is 0 Å². The molecule has 0 aliphatic heterocycles. The van der Waals surface area contributed by atoms with Crippen molar-refractivity contribution in [2.45, 2.75) is 25.7 Å². The molecular weight excluding hydrogens is 452 g/mol. The molecule has 0 unspecified atom stereocenters. The lowest BCUT2D eigenvalue weighted by molar-refractivity contribution is -0.119. The molecule has 3 aromatic rings. The van der Waals surface area contributed by atoms with Crippen LogP contribution < -0.4 is 10.6 Å². The summed E-state index contributed by atoms with van der Waals surface area (Å²) in [6, 6.07) is 5.95. The van der Waals surface area contributed by atoms with Crippen LogP contribution in [0.5, 0.6) is 0 Å². The first kappa shape index (κ1) is 22.5. The van der Waals surface area contributed by atoms with Crippen LogP contribution in [0.3, 0.4) is 0 Å². The Morgan fingerprint density at radius 1 is 1.09 bits per heavy atom. The Hall–Kier alpha value is -3.66. The maximum atomic E-state index is 13.7. The second-order valence-corrected chi connectivity index (χ2v) is 8.46. The highest BCUT2D eigenvalue weighted by molar-refractivity contribution is 7.17. The van der Waals surface area contributed by atoms with Crippen LogP contribution in [-0.4, -0.2) is 29.4 Å². The molecule has 1 aliphatic carbocycles. The van der Waals surface area contributed by atoms with Gasteiger partial charge in [-0.05, 0) is 55.5 Å². The number of aromatic nitrogens is 1. The molecule has 0 bridgehead atoms. The van der Waals surface area contributed by atoms with Crippen molar-refractivity contribution in [3.05, 3.63) is 75.9 Å². The monoisotopic (exact) mass is 471 g/mol. The number of amides is 2. The third kappa shape index (κ3) is 5.23. The molecule has 1 aliphatic rings. The van der Waals surface area contributed by atoms with Crippen LogP contribution in [0, 0.1) is 11.6 Å². The molecule has 0 radical (unpaired) electrons. The molecule has 1 aromatic carbocycles. The topological polar surface area (TPSA) is 97.4 Å². The summed E-state index contributed by atoms with van der Waals surface area (Å²) in [4.78, 5) is 42.6. The molecular formula is C23H19F2N3O4S. The number of halogens is 2. The molecule has 10 heteroatoms. The molecule has 2 aromatic heterocycles. The quantitative estimate of drug-likeness (QED) is 0.521. The van der Waals surface area contributed by atoms with Gasteiger partial charge in [-0.2, -0.15) is 0 Å². The number of hydrogen-bond donors (Lipinski definition) is 2. The van der Waals surface area contributed by atoms with Gasteiger partial charge in [0, 0.05) is 23.3 Å². The van der Waals surface area contributed by atoms with Gasteiger partial charge >= 0.3 is 5.97 Å². The van der Waals surface area contributed by atoms with Gasteiger partial charge in [-0.3, -0.25) is 14.6 Å². The van der Waals surface area contributed by atoms with E-state index in [0.717, 1.165) is 41.8 Å². The van der Waals surface area contributed by atoms with Gasteiger partial charge in [-0.1, -0.05) is 0 Å². The lowest BCUT2D eigenvalue weighted by Gasteiger charge is -2.13. The van der Waals surface area contributed by atoms with Crippen molar-refractivity contribution in [2.75, 3.05) is 17.2 Å². The fourth-order valence-corrected chi connectivity index (χ4v) is 4.80. The second-order valence-electron chi connectivity index (χ2n) is 7.36. The maximum Gasteiger partial charge on any atom is 0.341 e. The van der Waals surface area contributed by atoms with Gasteiger partial charge in [-0.15, -0.1) is 11.3 Å². The van der Waals surface area contributed by atoms with Crippen molar-refractivity contribution in [3.63, 3.8) is 0 Å². The average Bonchev–Trinajstić information content (AvgIpc) is 3.17. The molecule has 7 nitrogen and oxygen atoms in total. The summed E-state index contributed by atoms with van der Waals surface area (Å²) >= 11 is 1.31. The number of nitrogens with one attached hydrogen (secondary N) is 2. The molecule has 0 spiro atoms. The van der Waals surface area contributed by atoms with Gasteiger partial charge in [-0.25, -0.2) is 13.6 Å². The summed E-state index contributed by atoms with van der Waals surface area (Å²) < 4.78 is 31.9. The Morgan fingerprint density at radius 3 is 2.67 bits per heavy atom. The number of nitrogens with zero attached hydrogens (tertiary/aromatic N) is 1. The van der Waals surface area contributed by atoms with E-state index in [0.29, 0.717) is 23.1 Å². The SMILES string of the molecule is O=C(COC(=O)c1c(NC(=O)c2cccnc2)sc2c1CCCC2)Nc1ccc(F)cc1F. The zero-order valence-electron chi connectivity index (χ0n) is 17.3. The van der Waals surface area contributed by atoms with Gasteiger partial charge in [0.2, 0.25) is 0 Å². The summed E-state index contributed by atoms with van der Waals surface area (Å²) in [5.41, 5.74) is 1.15. The molecule has 0 fully saturated rings. The van der Waals surface area contributed by atoms with Crippen LogP contribution in [0.4, 0.5) is 19.5 Å². The van der Waals surface area contributed by atoms with Crippen molar-refractivity contribution in [2.24, 2.45) is 0 Å². The van der Waals surface area contributed by atoms with Crippen LogP contribution in [-0.2, 0) is 22.4 Å². The van der Waals surface area contributed by atoms with E-state index >= 15 is 0 Å². The molecule has 0 saturated carbocycles. The maximum absolute atomic E-state index is 13.7. The molecule has 2 amide bonds. The number of thiophene rings is 1.